The van der Waals surface area contributed by atoms with Crippen LogP contribution < -0.4 is 16.7 Å². The van der Waals surface area contributed by atoms with E-state index in [0.717, 1.165) is 10.6 Å². The van der Waals surface area contributed by atoms with Crippen LogP contribution in [0.25, 0.3) is 0 Å². The molecule has 0 spiro atoms. The predicted molar refractivity (Wildman–Crippen MR) is 41.2 cm³/mol. The van der Waals surface area contributed by atoms with Gasteiger partial charge in [0.25, 0.3) is 0 Å². The lowest BCUT2D eigenvalue weighted by Crippen LogP contribution is -2.51. The molecule has 1 rings (SSSR count). The van der Waals surface area contributed by atoms with Crippen molar-refractivity contribution in [3.05, 3.63) is 11.6 Å². The number of hydrogen-bond donors (Lipinski definition) is 3. The molecule has 0 radical (unpaired) electrons. The van der Waals surface area contributed by atoms with Gasteiger partial charge in [-0.1, -0.05) is 11.6 Å². The maximum atomic E-state index is 10.9. The predicted octanol–water partition coefficient (Wildman–Crippen LogP) is -0.664. The van der Waals surface area contributed by atoms with Crippen LogP contribution in [0.2, 0.25) is 0 Å². The van der Waals surface area contributed by atoms with Gasteiger partial charge < -0.3 is 0 Å². The second-order valence-electron chi connectivity index (χ2n) is 2.49. The van der Waals surface area contributed by atoms with Crippen molar-refractivity contribution >= 4 is 6.03 Å². The molecule has 5 heteroatoms. The van der Waals surface area contributed by atoms with Gasteiger partial charge >= 0.3 is 6.03 Å². The Bertz CT molecular complexity index is 189. The van der Waals surface area contributed by atoms with E-state index in [1.165, 1.54) is 0 Å². The fourth-order valence-corrected chi connectivity index (χ4v) is 0.829. The number of hydrazine groups is 2. The lowest BCUT2D eigenvalue weighted by Gasteiger charge is -2.20. The Morgan fingerprint density at radius 3 is 3.18 bits per heavy atom. The number of hydrogen-bond acceptors (Lipinski definition) is 3. The van der Waals surface area contributed by atoms with Crippen LogP contribution in [0.4, 0.5) is 4.79 Å². The molecule has 62 valence electrons. The van der Waals surface area contributed by atoms with Gasteiger partial charge in [0.15, 0.2) is 0 Å². The fourth-order valence-electron chi connectivity index (χ4n) is 0.829. The maximum Gasteiger partial charge on any atom is 0.346 e. The topological polar surface area (TPSA) is 70.4 Å². The molecule has 0 saturated carbocycles. The largest absolute Gasteiger partial charge is 0.346 e. The Hall–Kier alpha value is -1.07. The minimum absolute atomic E-state index is 0.308. The van der Waals surface area contributed by atoms with Crippen molar-refractivity contribution in [2.45, 2.75) is 6.92 Å². The lowest BCUT2D eigenvalue weighted by molar-refractivity contribution is 0.197. The molecular weight excluding hydrogens is 144 g/mol. The molecule has 0 aromatic carbocycles. The minimum atomic E-state index is -0.308. The van der Waals surface area contributed by atoms with Crippen molar-refractivity contribution in [2.75, 3.05) is 13.1 Å². The molecule has 0 atom stereocenters. The SMILES string of the molecule is CC1=CCNNC(=O)N(N)C1. The van der Waals surface area contributed by atoms with E-state index >= 15 is 0 Å². The van der Waals surface area contributed by atoms with Gasteiger partial charge in [0.1, 0.15) is 0 Å². The molecule has 0 aromatic rings. The first kappa shape index (κ1) is 8.03. The van der Waals surface area contributed by atoms with E-state index in [4.69, 9.17) is 5.84 Å². The summed E-state index contributed by atoms with van der Waals surface area (Å²) in [7, 11) is 0. The third-order valence-corrected chi connectivity index (χ3v) is 1.43. The first-order valence-corrected chi connectivity index (χ1v) is 3.41. The maximum absolute atomic E-state index is 10.9. The van der Waals surface area contributed by atoms with Crippen LogP contribution in [0.3, 0.4) is 0 Å². The van der Waals surface area contributed by atoms with Crippen LogP contribution in [-0.2, 0) is 0 Å². The molecule has 0 aromatic heterocycles. The van der Waals surface area contributed by atoms with Gasteiger partial charge in [0.05, 0.1) is 6.54 Å². The Morgan fingerprint density at radius 2 is 2.45 bits per heavy atom. The van der Waals surface area contributed by atoms with E-state index in [-0.39, 0.29) is 6.03 Å². The molecule has 4 N–H and O–H groups in total. The molecule has 0 bridgehead atoms. The van der Waals surface area contributed by atoms with Crippen molar-refractivity contribution in [3.8, 4) is 0 Å². The first-order chi connectivity index (χ1) is 5.20. The second-order valence-corrected chi connectivity index (χ2v) is 2.49. The third-order valence-electron chi connectivity index (χ3n) is 1.43. The van der Waals surface area contributed by atoms with Crippen molar-refractivity contribution in [1.29, 1.82) is 0 Å². The van der Waals surface area contributed by atoms with Gasteiger partial charge in [-0.15, -0.1) is 0 Å². The Labute approximate surface area is 65.2 Å². The van der Waals surface area contributed by atoms with Crippen molar-refractivity contribution in [2.24, 2.45) is 5.84 Å². The molecule has 0 unspecified atom stereocenters. The van der Waals surface area contributed by atoms with Crippen molar-refractivity contribution in [1.82, 2.24) is 15.9 Å². The molecule has 0 aliphatic carbocycles. The quantitative estimate of drug-likeness (QED) is 0.247. The Kier molecular flexibility index (Phi) is 2.45. The summed E-state index contributed by atoms with van der Waals surface area (Å²) in [6, 6.07) is -0.308. The van der Waals surface area contributed by atoms with Crippen LogP contribution in [0.15, 0.2) is 11.6 Å². The normalized spacial score (nSPS) is 20.0. The highest BCUT2D eigenvalue weighted by Gasteiger charge is 2.09. The number of carbonyl (C=O) groups excluding carboxylic acids is 1. The number of amides is 2. The summed E-state index contributed by atoms with van der Waals surface area (Å²) in [6.45, 7) is 3.05. The number of nitrogens with two attached hydrogens (primary N) is 1. The van der Waals surface area contributed by atoms with Crippen LogP contribution in [0, 0.1) is 0 Å². The van der Waals surface area contributed by atoms with Gasteiger partial charge in [-0.2, -0.15) is 0 Å². The summed E-state index contributed by atoms with van der Waals surface area (Å²) in [5.41, 5.74) is 6.20. The minimum Gasteiger partial charge on any atom is -0.272 e. The molecule has 0 fully saturated rings. The van der Waals surface area contributed by atoms with E-state index in [0.29, 0.717) is 13.1 Å². The summed E-state index contributed by atoms with van der Waals surface area (Å²) >= 11 is 0. The Balaban J connectivity index is 2.60. The summed E-state index contributed by atoms with van der Waals surface area (Å²) in [6.07, 6.45) is 1.97. The monoisotopic (exact) mass is 156 g/mol. The van der Waals surface area contributed by atoms with E-state index in [1.807, 2.05) is 13.0 Å². The number of nitrogens with zero attached hydrogens (tertiary/aromatic N) is 1. The number of carbonyl (C=O) groups is 1. The molecule has 11 heavy (non-hydrogen) atoms. The van der Waals surface area contributed by atoms with E-state index in [9.17, 15) is 4.79 Å². The zero-order valence-electron chi connectivity index (χ0n) is 6.42. The van der Waals surface area contributed by atoms with E-state index in [2.05, 4.69) is 10.9 Å². The molecular formula is C6H12N4O. The van der Waals surface area contributed by atoms with Gasteiger partial charge in [-0.3, -0.25) is 10.4 Å². The Morgan fingerprint density at radius 1 is 1.73 bits per heavy atom. The van der Waals surface area contributed by atoms with Crippen LogP contribution in [-0.4, -0.2) is 24.1 Å². The second kappa shape index (κ2) is 3.36. The standard InChI is InChI=1S/C6H12N4O/c1-5-2-3-8-9-6(11)10(7)4-5/h2,8H,3-4,7H2,1H3,(H,9,11). The van der Waals surface area contributed by atoms with E-state index in [1.54, 1.807) is 0 Å². The molecule has 2 amide bonds. The summed E-state index contributed by atoms with van der Waals surface area (Å²) in [5.74, 6) is 5.38. The first-order valence-electron chi connectivity index (χ1n) is 3.41. The summed E-state index contributed by atoms with van der Waals surface area (Å²) in [5, 5.41) is 1.12. The molecule has 1 aliphatic heterocycles. The summed E-state index contributed by atoms with van der Waals surface area (Å²) in [4.78, 5) is 10.9. The van der Waals surface area contributed by atoms with Crippen LogP contribution in [0.5, 0.6) is 0 Å². The zero-order chi connectivity index (χ0) is 8.27. The van der Waals surface area contributed by atoms with Crippen molar-refractivity contribution < 1.29 is 4.79 Å². The molecule has 5 nitrogen and oxygen atoms in total. The van der Waals surface area contributed by atoms with Gasteiger partial charge in [-0.05, 0) is 6.92 Å². The average Bonchev–Trinajstić information content (AvgIpc) is 1.95. The average molecular weight is 156 g/mol. The number of rotatable bonds is 0. The van der Waals surface area contributed by atoms with Gasteiger partial charge in [0.2, 0.25) is 0 Å². The molecule has 0 saturated heterocycles. The van der Waals surface area contributed by atoms with Crippen LogP contribution in [0.1, 0.15) is 6.92 Å². The summed E-state index contributed by atoms with van der Waals surface area (Å²) < 4.78 is 0. The van der Waals surface area contributed by atoms with E-state index < -0.39 is 0 Å². The highest BCUT2D eigenvalue weighted by Crippen LogP contribution is 1.95. The van der Waals surface area contributed by atoms with Gasteiger partial charge in [0, 0.05) is 6.54 Å². The lowest BCUT2D eigenvalue weighted by atomic mass is 10.3. The molecule has 1 aliphatic rings. The third kappa shape index (κ3) is 2.21. The highest BCUT2D eigenvalue weighted by molar-refractivity contribution is 5.73. The number of nitrogens with one attached hydrogen (secondary N) is 2. The highest BCUT2D eigenvalue weighted by atomic mass is 16.2. The molecule has 1 heterocycles. The fraction of sp³-hybridized carbons (Fsp3) is 0.500. The smallest absolute Gasteiger partial charge is 0.272 e. The van der Waals surface area contributed by atoms with Crippen LogP contribution >= 0.6 is 0 Å². The van der Waals surface area contributed by atoms with Crippen molar-refractivity contribution in [3.63, 3.8) is 0 Å². The number of urea groups is 1. The zero-order valence-corrected chi connectivity index (χ0v) is 6.42. The van der Waals surface area contributed by atoms with Gasteiger partial charge in [-0.25, -0.2) is 16.1 Å².